The number of carbonyl (C=O) groups is 1. The van der Waals surface area contributed by atoms with Crippen molar-refractivity contribution in [3.63, 3.8) is 0 Å². The summed E-state index contributed by atoms with van der Waals surface area (Å²) in [5, 5.41) is 3.25. The predicted octanol–water partition coefficient (Wildman–Crippen LogP) is 1.18. The molecule has 1 saturated heterocycles. The average Bonchev–Trinajstić information content (AvgIpc) is 3.06. The largest absolute Gasteiger partial charge is 0.496 e. The molecule has 0 aromatic heterocycles. The van der Waals surface area contributed by atoms with Crippen molar-refractivity contribution < 1.29 is 22.7 Å². The lowest BCUT2D eigenvalue weighted by atomic mass is 10.1. The maximum absolute atomic E-state index is 12.3. The van der Waals surface area contributed by atoms with Crippen LogP contribution < -0.4 is 14.8 Å². The Kier molecular flexibility index (Phi) is 7.95. The number of rotatable bonds is 7. The number of methoxy groups -OCH3 is 2. The molecule has 1 unspecified atom stereocenters. The van der Waals surface area contributed by atoms with E-state index in [1.165, 1.54) is 32.4 Å². The Bertz CT molecular complexity index is 660. The van der Waals surface area contributed by atoms with Crippen LogP contribution in [0.25, 0.3) is 0 Å². The summed E-state index contributed by atoms with van der Waals surface area (Å²) in [7, 11) is -1.04. The summed E-state index contributed by atoms with van der Waals surface area (Å²) in [5.41, 5.74) is 0.0814. The van der Waals surface area contributed by atoms with Gasteiger partial charge in [-0.25, -0.2) is 17.9 Å². The lowest BCUT2D eigenvalue weighted by Gasteiger charge is -2.12. The van der Waals surface area contributed by atoms with Gasteiger partial charge in [-0.05, 0) is 50.0 Å². The number of nitrogens with one attached hydrogen (secondary N) is 2. The van der Waals surface area contributed by atoms with Gasteiger partial charge < -0.3 is 14.8 Å². The van der Waals surface area contributed by atoms with E-state index in [4.69, 9.17) is 4.74 Å². The molecule has 9 heteroatoms. The molecule has 24 heavy (non-hydrogen) atoms. The molecule has 0 spiro atoms. The smallest absolute Gasteiger partial charge is 0.341 e. The SMILES string of the molecule is COC(=O)c1cc(S(=O)(=O)NCCC2CCNC2)ccc1OC.Cl. The zero-order valence-electron chi connectivity index (χ0n) is 13.7. The molecule has 1 aliphatic rings. The zero-order valence-corrected chi connectivity index (χ0v) is 15.3. The van der Waals surface area contributed by atoms with E-state index in [1.54, 1.807) is 0 Å². The molecule has 0 radical (unpaired) electrons. The molecule has 2 rings (SSSR count). The van der Waals surface area contributed by atoms with E-state index in [-0.39, 0.29) is 28.6 Å². The van der Waals surface area contributed by atoms with E-state index in [0.29, 0.717) is 12.5 Å². The first-order valence-electron chi connectivity index (χ1n) is 7.44. The average molecular weight is 379 g/mol. The molecule has 1 aliphatic heterocycles. The zero-order chi connectivity index (χ0) is 16.9. The normalized spacial score (nSPS) is 17.2. The number of halogens is 1. The van der Waals surface area contributed by atoms with E-state index in [2.05, 4.69) is 14.8 Å². The van der Waals surface area contributed by atoms with Gasteiger partial charge in [0.15, 0.2) is 0 Å². The van der Waals surface area contributed by atoms with Crippen LogP contribution >= 0.6 is 12.4 Å². The van der Waals surface area contributed by atoms with Gasteiger partial charge in [0.2, 0.25) is 10.0 Å². The minimum atomic E-state index is -3.67. The Morgan fingerprint density at radius 1 is 1.38 bits per heavy atom. The van der Waals surface area contributed by atoms with Crippen molar-refractivity contribution in [1.82, 2.24) is 10.0 Å². The summed E-state index contributed by atoms with van der Waals surface area (Å²) in [5.74, 6) is 0.128. The fourth-order valence-electron chi connectivity index (χ4n) is 2.57. The Morgan fingerprint density at radius 3 is 2.71 bits per heavy atom. The number of esters is 1. The van der Waals surface area contributed by atoms with E-state index < -0.39 is 16.0 Å². The summed E-state index contributed by atoms with van der Waals surface area (Å²) in [4.78, 5) is 11.8. The van der Waals surface area contributed by atoms with Crippen LogP contribution in [0.15, 0.2) is 23.1 Å². The molecule has 1 aromatic carbocycles. The molecular weight excluding hydrogens is 356 g/mol. The number of carbonyl (C=O) groups excluding carboxylic acids is 1. The van der Waals surface area contributed by atoms with Crippen LogP contribution in [0.3, 0.4) is 0 Å². The van der Waals surface area contributed by atoms with Crippen molar-refractivity contribution in [3.8, 4) is 5.75 Å². The Labute approximate surface area is 148 Å². The van der Waals surface area contributed by atoms with Gasteiger partial charge >= 0.3 is 5.97 Å². The molecule has 7 nitrogen and oxygen atoms in total. The van der Waals surface area contributed by atoms with Crippen molar-refractivity contribution >= 4 is 28.4 Å². The first-order valence-corrected chi connectivity index (χ1v) is 8.93. The van der Waals surface area contributed by atoms with Gasteiger partial charge in [-0.3, -0.25) is 0 Å². The van der Waals surface area contributed by atoms with Crippen molar-refractivity contribution in [2.24, 2.45) is 5.92 Å². The molecular formula is C15H23ClN2O5S. The molecule has 1 heterocycles. The van der Waals surface area contributed by atoms with Gasteiger partial charge in [0.05, 0.1) is 19.1 Å². The highest BCUT2D eigenvalue weighted by molar-refractivity contribution is 7.89. The fraction of sp³-hybridized carbons (Fsp3) is 0.533. The van der Waals surface area contributed by atoms with Crippen LogP contribution in [-0.4, -0.2) is 48.2 Å². The molecule has 2 N–H and O–H groups in total. The van der Waals surface area contributed by atoms with Crippen molar-refractivity contribution in [1.29, 1.82) is 0 Å². The third kappa shape index (κ3) is 5.07. The highest BCUT2D eigenvalue weighted by atomic mass is 35.5. The first kappa shape index (κ1) is 20.7. The Hall–Kier alpha value is -1.35. The van der Waals surface area contributed by atoms with Gasteiger partial charge in [0.25, 0.3) is 0 Å². The summed E-state index contributed by atoms with van der Waals surface area (Å²) in [6, 6.07) is 4.12. The highest BCUT2D eigenvalue weighted by Gasteiger charge is 2.21. The second-order valence-electron chi connectivity index (χ2n) is 5.40. The van der Waals surface area contributed by atoms with E-state index >= 15 is 0 Å². The highest BCUT2D eigenvalue weighted by Crippen LogP contribution is 2.23. The molecule has 136 valence electrons. The van der Waals surface area contributed by atoms with Gasteiger partial charge in [-0.15, -0.1) is 12.4 Å². The topological polar surface area (TPSA) is 93.7 Å². The minimum Gasteiger partial charge on any atom is -0.496 e. The standard InChI is InChI=1S/C15H22N2O5S.ClH/c1-21-14-4-3-12(9-13(14)15(18)22-2)23(19,20)17-8-6-11-5-7-16-10-11;/h3-4,9,11,16-17H,5-8,10H2,1-2H3;1H. The number of hydrogen-bond donors (Lipinski definition) is 2. The van der Waals surface area contributed by atoms with Crippen molar-refractivity contribution in [2.45, 2.75) is 17.7 Å². The van der Waals surface area contributed by atoms with E-state index in [0.717, 1.165) is 25.9 Å². The van der Waals surface area contributed by atoms with Gasteiger partial charge in [0, 0.05) is 6.54 Å². The lowest BCUT2D eigenvalue weighted by Crippen LogP contribution is -2.27. The maximum Gasteiger partial charge on any atom is 0.341 e. The lowest BCUT2D eigenvalue weighted by molar-refractivity contribution is 0.0597. The number of benzene rings is 1. The fourth-order valence-corrected chi connectivity index (χ4v) is 3.64. The number of ether oxygens (including phenoxy) is 2. The molecule has 1 fully saturated rings. The van der Waals surface area contributed by atoms with Gasteiger partial charge in [-0.2, -0.15) is 0 Å². The molecule has 1 aromatic rings. The van der Waals surface area contributed by atoms with Crippen LogP contribution in [0, 0.1) is 5.92 Å². The van der Waals surface area contributed by atoms with Crippen LogP contribution in [0.1, 0.15) is 23.2 Å². The quantitative estimate of drug-likeness (QED) is 0.692. The molecule has 0 aliphatic carbocycles. The van der Waals surface area contributed by atoms with E-state index in [1.807, 2.05) is 0 Å². The van der Waals surface area contributed by atoms with Crippen LogP contribution in [0.2, 0.25) is 0 Å². The summed E-state index contributed by atoms with van der Waals surface area (Å²) in [6.45, 7) is 2.28. The number of sulfonamides is 1. The van der Waals surface area contributed by atoms with Gasteiger partial charge in [0.1, 0.15) is 11.3 Å². The summed E-state index contributed by atoms with van der Waals surface area (Å²) >= 11 is 0. The van der Waals surface area contributed by atoms with Crippen LogP contribution in [-0.2, 0) is 14.8 Å². The second-order valence-corrected chi connectivity index (χ2v) is 7.17. The summed E-state index contributed by atoms with van der Waals surface area (Å²) < 4.78 is 37.0. The molecule has 1 atom stereocenters. The molecule has 0 amide bonds. The molecule has 0 bridgehead atoms. The van der Waals surface area contributed by atoms with Crippen LogP contribution in [0.5, 0.6) is 5.75 Å². The third-order valence-electron chi connectivity index (χ3n) is 3.89. The Morgan fingerprint density at radius 2 is 2.12 bits per heavy atom. The van der Waals surface area contributed by atoms with Crippen LogP contribution in [0.4, 0.5) is 0 Å². The third-order valence-corrected chi connectivity index (χ3v) is 5.35. The van der Waals surface area contributed by atoms with Crippen molar-refractivity contribution in [2.75, 3.05) is 33.9 Å². The van der Waals surface area contributed by atoms with Gasteiger partial charge in [-0.1, -0.05) is 0 Å². The first-order chi connectivity index (χ1) is 11.0. The predicted molar refractivity (Wildman–Crippen MR) is 92.4 cm³/mol. The summed E-state index contributed by atoms with van der Waals surface area (Å²) in [6.07, 6.45) is 1.85. The second kappa shape index (κ2) is 9.22. The minimum absolute atomic E-state index is 0. The monoisotopic (exact) mass is 378 g/mol. The number of hydrogen-bond acceptors (Lipinski definition) is 6. The Balaban J connectivity index is 0.00000288. The van der Waals surface area contributed by atoms with E-state index in [9.17, 15) is 13.2 Å². The maximum atomic E-state index is 12.3. The molecule has 0 saturated carbocycles. The van der Waals surface area contributed by atoms with Crippen molar-refractivity contribution in [3.05, 3.63) is 23.8 Å².